The van der Waals surface area contributed by atoms with Crippen LogP contribution in [0.25, 0.3) is 0 Å². The fourth-order valence-electron chi connectivity index (χ4n) is 4.52. The van der Waals surface area contributed by atoms with Crippen molar-refractivity contribution in [3.05, 3.63) is 23.8 Å². The molecule has 1 aromatic carbocycles. The number of ether oxygens (including phenoxy) is 2. The Hall–Kier alpha value is -1.97. The zero-order valence-corrected chi connectivity index (χ0v) is 17.3. The number of sulfonamides is 1. The maximum Gasteiger partial charge on any atom is 0.246 e. The first-order chi connectivity index (χ1) is 13.9. The first-order valence-electron chi connectivity index (χ1n) is 10.0. The average Bonchev–Trinajstić information content (AvgIpc) is 2.99. The molecule has 158 valence electrons. The fourth-order valence-corrected chi connectivity index (χ4v) is 6.13. The summed E-state index contributed by atoms with van der Waals surface area (Å²) in [6.07, 6.45) is 3.45. The van der Waals surface area contributed by atoms with Gasteiger partial charge in [-0.05, 0) is 30.5 Å². The summed E-state index contributed by atoms with van der Waals surface area (Å²) < 4.78 is 38.2. The molecule has 2 saturated heterocycles. The van der Waals surface area contributed by atoms with Crippen molar-refractivity contribution in [2.75, 3.05) is 33.4 Å². The van der Waals surface area contributed by atoms with Gasteiger partial charge in [-0.15, -0.1) is 0 Å². The molecule has 8 nitrogen and oxygen atoms in total. The van der Waals surface area contributed by atoms with Gasteiger partial charge in [-0.3, -0.25) is 14.5 Å². The van der Waals surface area contributed by atoms with E-state index in [1.54, 1.807) is 12.1 Å². The van der Waals surface area contributed by atoms with Gasteiger partial charge in [-0.2, -0.15) is 4.31 Å². The summed E-state index contributed by atoms with van der Waals surface area (Å²) in [4.78, 5) is 26.8. The quantitative estimate of drug-likeness (QED) is 0.666. The third-order valence-corrected chi connectivity index (χ3v) is 8.01. The molecular formula is C20H26N2O6S. The van der Waals surface area contributed by atoms with E-state index in [-0.39, 0.29) is 53.9 Å². The Balaban J connectivity index is 1.62. The number of morpholine rings is 1. The highest BCUT2D eigenvalue weighted by Gasteiger charge is 2.48. The van der Waals surface area contributed by atoms with Crippen LogP contribution < -0.4 is 4.74 Å². The summed E-state index contributed by atoms with van der Waals surface area (Å²) >= 11 is 0. The molecule has 0 bridgehead atoms. The number of nitrogens with zero attached hydrogens (tertiary/aromatic N) is 2. The van der Waals surface area contributed by atoms with Gasteiger partial charge in [0, 0.05) is 13.1 Å². The van der Waals surface area contributed by atoms with Crippen LogP contribution in [0.5, 0.6) is 5.75 Å². The molecule has 2 amide bonds. The third-order valence-electron chi connectivity index (χ3n) is 6.09. The molecule has 2 heterocycles. The highest BCUT2D eigenvalue weighted by atomic mass is 32.2. The molecule has 0 unspecified atom stereocenters. The number of imide groups is 1. The summed E-state index contributed by atoms with van der Waals surface area (Å²) in [6, 6.07) is 4.81. The largest absolute Gasteiger partial charge is 0.495 e. The van der Waals surface area contributed by atoms with Crippen molar-refractivity contribution in [3.8, 4) is 5.75 Å². The van der Waals surface area contributed by atoms with Gasteiger partial charge in [0.1, 0.15) is 10.6 Å². The van der Waals surface area contributed by atoms with Gasteiger partial charge in [0.05, 0.1) is 38.7 Å². The molecule has 2 aliphatic heterocycles. The second kappa shape index (κ2) is 8.04. The normalized spacial score (nSPS) is 25.9. The van der Waals surface area contributed by atoms with E-state index in [0.29, 0.717) is 18.8 Å². The minimum absolute atomic E-state index is 0.0518. The number of benzene rings is 1. The standard InChI is InChI=1S/C20H26N2O6S/c1-27-17-7-6-14(12-18(17)29(25,26)21-8-10-28-11-9-21)13-22-19(23)15-4-2-3-5-16(15)20(22)24/h6-7,12,15-16H,2-5,8-11,13H2,1H3/t15-,16-/m1/s1. The van der Waals surface area contributed by atoms with Crippen molar-refractivity contribution < 1.29 is 27.5 Å². The second-order valence-corrected chi connectivity index (χ2v) is 9.67. The second-order valence-electron chi connectivity index (χ2n) is 7.76. The summed E-state index contributed by atoms with van der Waals surface area (Å²) in [5.41, 5.74) is 0.595. The van der Waals surface area contributed by atoms with Crippen LogP contribution in [0.2, 0.25) is 0 Å². The zero-order valence-electron chi connectivity index (χ0n) is 16.5. The number of amides is 2. The van der Waals surface area contributed by atoms with Gasteiger partial charge in [-0.25, -0.2) is 8.42 Å². The van der Waals surface area contributed by atoms with Crippen molar-refractivity contribution in [2.24, 2.45) is 11.8 Å². The van der Waals surface area contributed by atoms with Crippen LogP contribution in [-0.4, -0.2) is 62.9 Å². The molecular weight excluding hydrogens is 396 g/mol. The lowest BCUT2D eigenvalue weighted by Crippen LogP contribution is -2.40. The van der Waals surface area contributed by atoms with Crippen molar-refractivity contribution in [1.82, 2.24) is 9.21 Å². The molecule has 2 atom stereocenters. The van der Waals surface area contributed by atoms with Crippen LogP contribution in [0, 0.1) is 11.8 Å². The predicted molar refractivity (Wildman–Crippen MR) is 104 cm³/mol. The van der Waals surface area contributed by atoms with Crippen molar-refractivity contribution in [3.63, 3.8) is 0 Å². The predicted octanol–water partition coefficient (Wildman–Crippen LogP) is 1.39. The van der Waals surface area contributed by atoms with Gasteiger partial charge in [0.15, 0.2) is 0 Å². The highest BCUT2D eigenvalue weighted by molar-refractivity contribution is 7.89. The monoisotopic (exact) mass is 422 g/mol. The van der Waals surface area contributed by atoms with E-state index < -0.39 is 10.0 Å². The fraction of sp³-hybridized carbons (Fsp3) is 0.600. The molecule has 29 heavy (non-hydrogen) atoms. The first-order valence-corrected chi connectivity index (χ1v) is 11.5. The summed E-state index contributed by atoms with van der Waals surface area (Å²) in [5.74, 6) is -0.453. The molecule has 1 aromatic rings. The molecule has 9 heteroatoms. The van der Waals surface area contributed by atoms with Crippen LogP contribution in [0.15, 0.2) is 23.1 Å². The number of carbonyl (C=O) groups excluding carboxylic acids is 2. The van der Waals surface area contributed by atoms with E-state index in [1.807, 2.05) is 0 Å². The molecule has 0 aromatic heterocycles. The summed E-state index contributed by atoms with van der Waals surface area (Å²) in [7, 11) is -2.35. The van der Waals surface area contributed by atoms with Crippen molar-refractivity contribution in [1.29, 1.82) is 0 Å². The number of hydrogen-bond acceptors (Lipinski definition) is 6. The lowest BCUT2D eigenvalue weighted by atomic mass is 9.81. The van der Waals surface area contributed by atoms with E-state index in [0.717, 1.165) is 25.7 Å². The van der Waals surface area contributed by atoms with Gasteiger partial charge in [0.25, 0.3) is 0 Å². The average molecular weight is 423 g/mol. The molecule has 4 rings (SSSR count). The van der Waals surface area contributed by atoms with Crippen LogP contribution in [0.3, 0.4) is 0 Å². The number of fused-ring (bicyclic) bond motifs is 1. The van der Waals surface area contributed by atoms with Crippen molar-refractivity contribution >= 4 is 21.8 Å². The Morgan fingerprint density at radius 3 is 2.28 bits per heavy atom. The van der Waals surface area contributed by atoms with Crippen LogP contribution in [0.1, 0.15) is 31.2 Å². The minimum atomic E-state index is -3.77. The summed E-state index contributed by atoms with van der Waals surface area (Å²) in [6.45, 7) is 1.34. The molecule has 3 fully saturated rings. The Bertz CT molecular complexity index is 886. The molecule has 0 N–H and O–H groups in total. The van der Waals surface area contributed by atoms with E-state index >= 15 is 0 Å². The SMILES string of the molecule is COc1ccc(CN2C(=O)[C@@H]3CCCC[C@H]3C2=O)cc1S(=O)(=O)N1CCOCC1. The molecule has 0 spiro atoms. The molecule has 0 radical (unpaired) electrons. The van der Waals surface area contributed by atoms with E-state index in [9.17, 15) is 18.0 Å². The van der Waals surface area contributed by atoms with E-state index in [4.69, 9.17) is 9.47 Å². The smallest absolute Gasteiger partial charge is 0.246 e. The Kier molecular flexibility index (Phi) is 5.63. The number of methoxy groups -OCH3 is 1. The number of likely N-dealkylation sites (tertiary alicyclic amines) is 1. The van der Waals surface area contributed by atoms with Crippen LogP contribution in [0.4, 0.5) is 0 Å². The van der Waals surface area contributed by atoms with Gasteiger partial charge >= 0.3 is 0 Å². The number of carbonyl (C=O) groups is 2. The number of hydrogen-bond donors (Lipinski definition) is 0. The van der Waals surface area contributed by atoms with Crippen LogP contribution >= 0.6 is 0 Å². The molecule has 1 aliphatic carbocycles. The number of rotatable bonds is 5. The first kappa shape index (κ1) is 20.3. The van der Waals surface area contributed by atoms with Gasteiger partial charge in [0.2, 0.25) is 21.8 Å². The molecule has 1 saturated carbocycles. The zero-order chi connectivity index (χ0) is 20.6. The topological polar surface area (TPSA) is 93.2 Å². The van der Waals surface area contributed by atoms with Crippen molar-refractivity contribution in [2.45, 2.75) is 37.1 Å². The summed E-state index contributed by atoms with van der Waals surface area (Å²) in [5, 5.41) is 0. The van der Waals surface area contributed by atoms with E-state index in [2.05, 4.69) is 0 Å². The van der Waals surface area contributed by atoms with E-state index in [1.165, 1.54) is 22.4 Å². The lowest BCUT2D eigenvalue weighted by Gasteiger charge is -2.27. The Labute approximate surface area is 170 Å². The third kappa shape index (κ3) is 3.67. The highest BCUT2D eigenvalue weighted by Crippen LogP contribution is 2.39. The Morgan fingerprint density at radius 2 is 1.69 bits per heavy atom. The maximum absolute atomic E-state index is 13.1. The lowest BCUT2D eigenvalue weighted by molar-refractivity contribution is -0.140. The van der Waals surface area contributed by atoms with Gasteiger partial charge in [-0.1, -0.05) is 18.9 Å². The van der Waals surface area contributed by atoms with Crippen LogP contribution in [-0.2, 0) is 30.9 Å². The van der Waals surface area contributed by atoms with Gasteiger partial charge < -0.3 is 9.47 Å². The minimum Gasteiger partial charge on any atom is -0.495 e. The Morgan fingerprint density at radius 1 is 1.07 bits per heavy atom. The molecule has 3 aliphatic rings. The maximum atomic E-state index is 13.1.